The lowest BCUT2D eigenvalue weighted by Gasteiger charge is -2.16. The fourth-order valence-corrected chi connectivity index (χ4v) is 2.28. The van der Waals surface area contributed by atoms with Gasteiger partial charge in [0.2, 0.25) is 0 Å². The molecule has 2 rings (SSSR count). The number of rotatable bonds is 6. The highest BCUT2D eigenvalue weighted by Crippen LogP contribution is 2.33. The fourth-order valence-electron chi connectivity index (χ4n) is 2.28. The Labute approximate surface area is 129 Å². The topological polar surface area (TPSA) is 68.2 Å². The van der Waals surface area contributed by atoms with Gasteiger partial charge in [-0.05, 0) is 29.3 Å². The van der Waals surface area contributed by atoms with Gasteiger partial charge in [-0.2, -0.15) is 0 Å². The Hall–Kier alpha value is -2.24. The molecular weight excluding hydrogens is 284 g/mol. The van der Waals surface area contributed by atoms with Crippen LogP contribution < -0.4 is 14.2 Å². The molecule has 0 aromatic heterocycles. The first-order valence-electron chi connectivity index (χ1n) is 6.82. The van der Waals surface area contributed by atoms with Gasteiger partial charge in [0.25, 0.3) is 0 Å². The Bertz CT molecular complexity index is 583. The van der Waals surface area contributed by atoms with Crippen LogP contribution in [0.1, 0.15) is 22.8 Å². The second kappa shape index (κ2) is 7.15. The maximum Gasteiger partial charge on any atom is 0.161 e. The van der Waals surface area contributed by atoms with E-state index in [1.807, 2.05) is 0 Å². The van der Waals surface area contributed by atoms with E-state index in [-0.39, 0.29) is 6.61 Å². The Kier molecular flexibility index (Phi) is 5.25. The molecular formula is C17H20O5. The highest BCUT2D eigenvalue weighted by Gasteiger charge is 2.15. The molecule has 5 nitrogen and oxygen atoms in total. The lowest BCUT2D eigenvalue weighted by atomic mass is 9.99. The molecule has 1 unspecified atom stereocenters. The van der Waals surface area contributed by atoms with Gasteiger partial charge in [-0.25, -0.2) is 0 Å². The van der Waals surface area contributed by atoms with Crippen molar-refractivity contribution in [3.05, 3.63) is 53.1 Å². The summed E-state index contributed by atoms with van der Waals surface area (Å²) in [5.41, 5.74) is 2.02. The zero-order valence-corrected chi connectivity index (χ0v) is 12.9. The Morgan fingerprint density at radius 2 is 1.36 bits per heavy atom. The quantitative estimate of drug-likeness (QED) is 0.857. The minimum atomic E-state index is -0.832. The first-order valence-corrected chi connectivity index (χ1v) is 6.82. The summed E-state index contributed by atoms with van der Waals surface area (Å²) in [4.78, 5) is 0. The second-order valence-electron chi connectivity index (χ2n) is 4.75. The van der Waals surface area contributed by atoms with Crippen LogP contribution in [-0.4, -0.2) is 31.5 Å². The van der Waals surface area contributed by atoms with E-state index in [1.165, 1.54) is 7.11 Å². The van der Waals surface area contributed by atoms with Crippen molar-refractivity contribution in [2.45, 2.75) is 12.7 Å². The molecule has 118 valence electrons. The Morgan fingerprint density at radius 1 is 0.818 bits per heavy atom. The van der Waals surface area contributed by atoms with Crippen LogP contribution in [0, 0.1) is 0 Å². The van der Waals surface area contributed by atoms with Crippen LogP contribution in [0.4, 0.5) is 0 Å². The van der Waals surface area contributed by atoms with E-state index < -0.39 is 6.10 Å². The van der Waals surface area contributed by atoms with Crippen molar-refractivity contribution in [2.24, 2.45) is 0 Å². The molecule has 0 aliphatic heterocycles. The van der Waals surface area contributed by atoms with Gasteiger partial charge in [0.15, 0.2) is 11.5 Å². The molecule has 0 aliphatic rings. The van der Waals surface area contributed by atoms with Gasteiger partial charge in [-0.15, -0.1) is 0 Å². The van der Waals surface area contributed by atoms with Gasteiger partial charge in [0, 0.05) is 5.56 Å². The zero-order chi connectivity index (χ0) is 16.1. The molecule has 0 aliphatic carbocycles. The van der Waals surface area contributed by atoms with Crippen LogP contribution in [0.3, 0.4) is 0 Å². The molecule has 2 N–H and O–H groups in total. The van der Waals surface area contributed by atoms with Crippen LogP contribution in [0.25, 0.3) is 0 Å². The molecule has 1 atom stereocenters. The number of hydrogen-bond acceptors (Lipinski definition) is 5. The Balaban J connectivity index is 2.37. The first kappa shape index (κ1) is 16.1. The maximum absolute atomic E-state index is 10.5. The highest BCUT2D eigenvalue weighted by molar-refractivity contribution is 5.46. The third kappa shape index (κ3) is 3.16. The molecule has 0 spiro atoms. The van der Waals surface area contributed by atoms with Gasteiger partial charge in [-0.3, -0.25) is 0 Å². The van der Waals surface area contributed by atoms with Crippen molar-refractivity contribution in [2.75, 3.05) is 21.3 Å². The summed E-state index contributed by atoms with van der Waals surface area (Å²) in [5.74, 6) is 1.70. The van der Waals surface area contributed by atoms with E-state index in [2.05, 4.69) is 0 Å². The molecule has 0 heterocycles. The summed E-state index contributed by atoms with van der Waals surface area (Å²) in [7, 11) is 4.64. The molecule has 0 radical (unpaired) electrons. The van der Waals surface area contributed by atoms with Crippen LogP contribution in [-0.2, 0) is 6.61 Å². The van der Waals surface area contributed by atoms with E-state index in [9.17, 15) is 10.2 Å². The monoisotopic (exact) mass is 304 g/mol. The lowest BCUT2D eigenvalue weighted by Crippen LogP contribution is -2.02. The van der Waals surface area contributed by atoms with E-state index in [0.717, 1.165) is 0 Å². The SMILES string of the molecule is COc1cc(C(O)c2ccc(OC)c(OC)c2)ccc1CO. The molecule has 0 bridgehead atoms. The predicted octanol–water partition coefficient (Wildman–Crippen LogP) is 2.29. The number of hydrogen-bond donors (Lipinski definition) is 2. The first-order chi connectivity index (χ1) is 10.6. The van der Waals surface area contributed by atoms with Crippen molar-refractivity contribution < 1.29 is 24.4 Å². The third-order valence-corrected chi connectivity index (χ3v) is 3.52. The summed E-state index contributed by atoms with van der Waals surface area (Å²) in [6.07, 6.45) is -0.832. The average molecular weight is 304 g/mol. The number of methoxy groups -OCH3 is 3. The van der Waals surface area contributed by atoms with Crippen LogP contribution in [0.2, 0.25) is 0 Å². The van der Waals surface area contributed by atoms with Crippen molar-refractivity contribution in [3.63, 3.8) is 0 Å². The normalized spacial score (nSPS) is 11.9. The summed E-state index contributed by atoms with van der Waals surface area (Å²) >= 11 is 0. The fraction of sp³-hybridized carbons (Fsp3) is 0.294. The molecule has 22 heavy (non-hydrogen) atoms. The summed E-state index contributed by atoms with van der Waals surface area (Å²) in [6, 6.07) is 10.5. The molecule has 0 fully saturated rings. The van der Waals surface area contributed by atoms with Crippen LogP contribution in [0.5, 0.6) is 17.2 Å². The maximum atomic E-state index is 10.5. The van der Waals surface area contributed by atoms with Gasteiger partial charge in [0.05, 0.1) is 27.9 Å². The van der Waals surface area contributed by atoms with Crippen molar-refractivity contribution in [3.8, 4) is 17.2 Å². The van der Waals surface area contributed by atoms with Gasteiger partial charge in [-0.1, -0.05) is 18.2 Å². The zero-order valence-electron chi connectivity index (χ0n) is 12.9. The number of ether oxygens (including phenoxy) is 3. The standard InChI is InChI=1S/C17H20O5/c1-20-14-7-6-12(9-16(14)22-3)17(19)11-4-5-13(10-18)15(8-11)21-2/h4-9,17-19H,10H2,1-3H3. The number of aliphatic hydroxyl groups is 2. The van der Waals surface area contributed by atoms with Crippen molar-refractivity contribution in [1.82, 2.24) is 0 Å². The summed E-state index contributed by atoms with van der Waals surface area (Å²) in [6.45, 7) is -0.115. The Morgan fingerprint density at radius 3 is 1.91 bits per heavy atom. The van der Waals surface area contributed by atoms with Gasteiger partial charge < -0.3 is 24.4 Å². The largest absolute Gasteiger partial charge is 0.496 e. The molecule has 0 saturated heterocycles. The van der Waals surface area contributed by atoms with Gasteiger partial charge in [0.1, 0.15) is 11.9 Å². The van der Waals surface area contributed by atoms with E-state index in [0.29, 0.717) is 33.9 Å². The highest BCUT2D eigenvalue weighted by atomic mass is 16.5. The van der Waals surface area contributed by atoms with Crippen molar-refractivity contribution in [1.29, 1.82) is 0 Å². The number of benzene rings is 2. The molecule has 2 aromatic rings. The van der Waals surface area contributed by atoms with Crippen LogP contribution >= 0.6 is 0 Å². The van der Waals surface area contributed by atoms with Gasteiger partial charge >= 0.3 is 0 Å². The summed E-state index contributed by atoms with van der Waals surface area (Å²) in [5, 5.41) is 19.8. The smallest absolute Gasteiger partial charge is 0.161 e. The molecule has 5 heteroatoms. The minimum Gasteiger partial charge on any atom is -0.496 e. The van der Waals surface area contributed by atoms with E-state index in [4.69, 9.17) is 14.2 Å². The molecule has 2 aromatic carbocycles. The van der Waals surface area contributed by atoms with E-state index >= 15 is 0 Å². The average Bonchev–Trinajstić information content (AvgIpc) is 2.59. The predicted molar refractivity (Wildman–Crippen MR) is 82.5 cm³/mol. The molecule has 0 amide bonds. The lowest BCUT2D eigenvalue weighted by molar-refractivity contribution is 0.218. The minimum absolute atomic E-state index is 0.115. The second-order valence-corrected chi connectivity index (χ2v) is 4.75. The van der Waals surface area contributed by atoms with Crippen molar-refractivity contribution >= 4 is 0 Å². The van der Waals surface area contributed by atoms with E-state index in [1.54, 1.807) is 50.6 Å². The number of aliphatic hydroxyl groups excluding tert-OH is 2. The molecule has 0 saturated carbocycles. The van der Waals surface area contributed by atoms with Crippen LogP contribution in [0.15, 0.2) is 36.4 Å². The summed E-state index contributed by atoms with van der Waals surface area (Å²) < 4.78 is 15.7. The third-order valence-electron chi connectivity index (χ3n) is 3.52.